The molecule has 0 aromatic heterocycles. The summed E-state index contributed by atoms with van der Waals surface area (Å²) in [5.41, 5.74) is 2.79. The highest BCUT2D eigenvalue weighted by atomic mass is 16.3. The molecule has 24 heavy (non-hydrogen) atoms. The van der Waals surface area contributed by atoms with E-state index in [0.29, 0.717) is 30.1 Å². The average Bonchev–Trinajstić information content (AvgIpc) is 3.19. The second kappa shape index (κ2) is 4.68. The Morgan fingerprint density at radius 3 is 2.88 bits per heavy atom. The lowest BCUT2D eigenvalue weighted by Crippen LogP contribution is -2.48. The van der Waals surface area contributed by atoms with Gasteiger partial charge in [0.05, 0.1) is 5.69 Å². The van der Waals surface area contributed by atoms with Gasteiger partial charge in [-0.1, -0.05) is 18.2 Å². The van der Waals surface area contributed by atoms with E-state index in [9.17, 15) is 9.90 Å². The van der Waals surface area contributed by atoms with Gasteiger partial charge in [0.15, 0.2) is 5.60 Å². The number of benzene rings is 2. The molecular formula is C19H17N3O2. The molecule has 0 spiro atoms. The minimum Gasteiger partial charge on any atom is -0.384 e. The Morgan fingerprint density at radius 1 is 1.21 bits per heavy atom. The van der Waals surface area contributed by atoms with Crippen molar-refractivity contribution in [3.05, 3.63) is 53.6 Å². The minimum absolute atomic E-state index is 0.226. The van der Waals surface area contributed by atoms with Crippen LogP contribution in [-0.4, -0.2) is 35.4 Å². The molecule has 1 saturated heterocycles. The lowest BCUT2D eigenvalue weighted by atomic mass is 9.86. The summed E-state index contributed by atoms with van der Waals surface area (Å²) in [6, 6.07) is 13.6. The number of carbonyl (C=O) groups excluding carboxylic acids is 1. The van der Waals surface area contributed by atoms with Crippen LogP contribution >= 0.6 is 0 Å². The Balaban J connectivity index is 1.68. The highest BCUT2D eigenvalue weighted by molar-refractivity contribution is 6.28. The third-order valence-electron chi connectivity index (χ3n) is 5.17. The SMILES string of the molecule is O=C1c2cc3c(cc2N=C2N(c4ccccc4)CC[C@@]12O)NCC3. The van der Waals surface area contributed by atoms with Crippen molar-refractivity contribution in [3.8, 4) is 0 Å². The fraction of sp³-hybridized carbons (Fsp3) is 0.263. The fourth-order valence-electron chi connectivity index (χ4n) is 3.89. The molecular weight excluding hydrogens is 302 g/mol. The summed E-state index contributed by atoms with van der Waals surface area (Å²) < 4.78 is 0. The number of para-hydroxylation sites is 1. The third kappa shape index (κ3) is 1.73. The van der Waals surface area contributed by atoms with Gasteiger partial charge < -0.3 is 15.3 Å². The predicted octanol–water partition coefficient (Wildman–Crippen LogP) is 2.52. The summed E-state index contributed by atoms with van der Waals surface area (Å²) >= 11 is 0. The smallest absolute Gasteiger partial charge is 0.204 e. The van der Waals surface area contributed by atoms with E-state index in [1.54, 1.807) is 0 Å². The molecule has 0 radical (unpaired) electrons. The van der Waals surface area contributed by atoms with E-state index in [1.807, 2.05) is 47.4 Å². The van der Waals surface area contributed by atoms with E-state index in [-0.39, 0.29) is 5.78 Å². The number of anilines is 2. The lowest BCUT2D eigenvalue weighted by molar-refractivity contribution is 0.0602. The summed E-state index contributed by atoms with van der Waals surface area (Å²) in [5.74, 6) is 0.222. The van der Waals surface area contributed by atoms with Crippen LogP contribution in [0.15, 0.2) is 47.5 Å². The number of aliphatic imine (C=N–C) groups is 1. The van der Waals surface area contributed by atoms with Crippen molar-refractivity contribution >= 4 is 28.7 Å². The second-order valence-electron chi connectivity index (χ2n) is 6.57. The second-order valence-corrected chi connectivity index (χ2v) is 6.57. The molecule has 5 nitrogen and oxygen atoms in total. The van der Waals surface area contributed by atoms with Gasteiger partial charge in [-0.25, -0.2) is 4.99 Å². The van der Waals surface area contributed by atoms with Crippen LogP contribution in [0.2, 0.25) is 0 Å². The Bertz CT molecular complexity index is 891. The Hall–Kier alpha value is -2.66. The number of Topliss-reactive ketones (excluding diaryl/α,β-unsaturated/α-hetero) is 1. The van der Waals surface area contributed by atoms with Crippen molar-refractivity contribution in [1.29, 1.82) is 0 Å². The van der Waals surface area contributed by atoms with Crippen LogP contribution in [0, 0.1) is 0 Å². The predicted molar refractivity (Wildman–Crippen MR) is 93.4 cm³/mol. The number of nitrogens with one attached hydrogen (secondary N) is 1. The van der Waals surface area contributed by atoms with Crippen molar-refractivity contribution in [3.63, 3.8) is 0 Å². The van der Waals surface area contributed by atoms with Gasteiger partial charge in [-0.05, 0) is 36.2 Å². The van der Waals surface area contributed by atoms with E-state index >= 15 is 0 Å². The number of rotatable bonds is 1. The summed E-state index contributed by atoms with van der Waals surface area (Å²) in [6.07, 6.45) is 1.27. The molecule has 0 aliphatic carbocycles. The number of ketones is 1. The normalized spacial score (nSPS) is 24.1. The molecule has 0 amide bonds. The van der Waals surface area contributed by atoms with Gasteiger partial charge in [0, 0.05) is 36.4 Å². The molecule has 2 N–H and O–H groups in total. The fourth-order valence-corrected chi connectivity index (χ4v) is 3.89. The summed E-state index contributed by atoms with van der Waals surface area (Å²) in [6.45, 7) is 1.46. The first-order valence-electron chi connectivity index (χ1n) is 8.26. The van der Waals surface area contributed by atoms with E-state index in [1.165, 1.54) is 0 Å². The average molecular weight is 319 g/mol. The molecule has 1 atom stereocenters. The third-order valence-corrected chi connectivity index (χ3v) is 5.17. The van der Waals surface area contributed by atoms with Gasteiger partial charge in [-0.2, -0.15) is 0 Å². The van der Waals surface area contributed by atoms with E-state index < -0.39 is 5.60 Å². The van der Waals surface area contributed by atoms with Gasteiger partial charge in [-0.3, -0.25) is 4.79 Å². The molecule has 2 aromatic rings. The Morgan fingerprint density at radius 2 is 2.04 bits per heavy atom. The first kappa shape index (κ1) is 13.7. The number of amidine groups is 1. The molecule has 120 valence electrons. The van der Waals surface area contributed by atoms with Crippen molar-refractivity contribution in [1.82, 2.24) is 0 Å². The molecule has 3 aliphatic rings. The topological polar surface area (TPSA) is 64.9 Å². The molecule has 2 aromatic carbocycles. The van der Waals surface area contributed by atoms with Gasteiger partial charge in [0.2, 0.25) is 5.78 Å². The van der Waals surface area contributed by atoms with Crippen molar-refractivity contribution < 1.29 is 9.90 Å². The van der Waals surface area contributed by atoms with Crippen LogP contribution in [0.3, 0.4) is 0 Å². The first-order valence-corrected chi connectivity index (χ1v) is 8.26. The monoisotopic (exact) mass is 319 g/mol. The lowest BCUT2D eigenvalue weighted by Gasteiger charge is -2.30. The maximum absolute atomic E-state index is 13.0. The molecule has 5 heteroatoms. The molecule has 0 bridgehead atoms. The van der Waals surface area contributed by atoms with E-state index in [0.717, 1.165) is 29.9 Å². The summed E-state index contributed by atoms with van der Waals surface area (Å²) in [7, 11) is 0. The number of hydrogen-bond acceptors (Lipinski definition) is 5. The maximum atomic E-state index is 13.0. The Labute approximate surface area is 139 Å². The van der Waals surface area contributed by atoms with Crippen molar-refractivity contribution in [2.24, 2.45) is 4.99 Å². The van der Waals surface area contributed by atoms with Crippen LogP contribution < -0.4 is 10.2 Å². The molecule has 3 aliphatic heterocycles. The van der Waals surface area contributed by atoms with Gasteiger partial charge in [0.25, 0.3) is 0 Å². The number of fused-ring (bicyclic) bond motifs is 3. The zero-order valence-electron chi connectivity index (χ0n) is 13.1. The summed E-state index contributed by atoms with van der Waals surface area (Å²) in [5, 5.41) is 14.4. The number of hydrogen-bond donors (Lipinski definition) is 2. The first-order chi connectivity index (χ1) is 11.7. The minimum atomic E-state index is -1.51. The van der Waals surface area contributed by atoms with Crippen LogP contribution in [0.5, 0.6) is 0 Å². The number of nitrogens with zero attached hydrogens (tertiary/aromatic N) is 2. The molecule has 3 heterocycles. The number of aliphatic hydroxyl groups is 1. The Kier molecular flexibility index (Phi) is 2.68. The van der Waals surface area contributed by atoms with Crippen LogP contribution in [0.25, 0.3) is 0 Å². The zero-order valence-corrected chi connectivity index (χ0v) is 13.1. The largest absolute Gasteiger partial charge is 0.384 e. The standard InChI is InChI=1S/C19H17N3O2/c23-17-14-10-12-6-8-20-15(12)11-16(14)21-18-19(17,24)7-9-22(18)13-4-2-1-3-5-13/h1-5,10-11,20,24H,6-9H2/t19-/m1/s1. The van der Waals surface area contributed by atoms with Crippen molar-refractivity contribution in [2.45, 2.75) is 18.4 Å². The zero-order chi connectivity index (χ0) is 16.3. The van der Waals surface area contributed by atoms with Crippen LogP contribution in [0.4, 0.5) is 17.1 Å². The molecule has 0 unspecified atom stereocenters. The molecule has 0 saturated carbocycles. The highest BCUT2D eigenvalue weighted by Crippen LogP contribution is 2.42. The van der Waals surface area contributed by atoms with Crippen LogP contribution in [0.1, 0.15) is 22.3 Å². The van der Waals surface area contributed by atoms with Gasteiger partial charge >= 0.3 is 0 Å². The quantitative estimate of drug-likeness (QED) is 0.848. The molecule has 1 fully saturated rings. The maximum Gasteiger partial charge on any atom is 0.204 e. The summed E-state index contributed by atoms with van der Waals surface area (Å²) in [4.78, 5) is 19.7. The van der Waals surface area contributed by atoms with Crippen molar-refractivity contribution in [2.75, 3.05) is 23.3 Å². The van der Waals surface area contributed by atoms with E-state index in [2.05, 4.69) is 5.32 Å². The van der Waals surface area contributed by atoms with Gasteiger partial charge in [0.1, 0.15) is 5.84 Å². The number of carbonyl (C=O) groups is 1. The van der Waals surface area contributed by atoms with Gasteiger partial charge in [-0.15, -0.1) is 0 Å². The van der Waals surface area contributed by atoms with Crippen LogP contribution in [-0.2, 0) is 6.42 Å². The molecule has 5 rings (SSSR count). The highest BCUT2D eigenvalue weighted by Gasteiger charge is 2.52. The van der Waals surface area contributed by atoms with E-state index in [4.69, 9.17) is 4.99 Å².